The number of terminal acetylenes is 1. The van der Waals surface area contributed by atoms with Crippen LogP contribution in [0.3, 0.4) is 0 Å². The van der Waals surface area contributed by atoms with Crippen molar-refractivity contribution in [3.8, 4) is 12.3 Å². The molecule has 1 amide bonds. The van der Waals surface area contributed by atoms with E-state index in [9.17, 15) is 4.79 Å². The summed E-state index contributed by atoms with van der Waals surface area (Å²) in [5.74, 6) is 2.82. The molecule has 1 aliphatic carbocycles. The fraction of sp³-hybridized carbons (Fsp3) is 0.438. The zero-order chi connectivity index (χ0) is 15.0. The van der Waals surface area contributed by atoms with Gasteiger partial charge in [-0.05, 0) is 51.3 Å². The molecule has 0 atom stereocenters. The molecule has 1 aliphatic rings. The van der Waals surface area contributed by atoms with Crippen LogP contribution in [0.5, 0.6) is 0 Å². The minimum Gasteiger partial charge on any atom is -0.444 e. The molecule has 1 N–H and O–H groups in total. The molecule has 0 saturated heterocycles. The van der Waals surface area contributed by atoms with Crippen LogP contribution in [0.1, 0.15) is 39.2 Å². The van der Waals surface area contributed by atoms with Crippen LogP contribution in [0.15, 0.2) is 18.2 Å². The summed E-state index contributed by atoms with van der Waals surface area (Å²) in [7, 11) is 0. The summed E-state index contributed by atoms with van der Waals surface area (Å²) in [5, 5.41) is 3.11. The van der Waals surface area contributed by atoms with Gasteiger partial charge in [0.1, 0.15) is 5.60 Å². The molecular weight excluding hydrogens is 274 g/mol. The van der Waals surface area contributed by atoms with E-state index in [1.54, 1.807) is 26.8 Å². The molecule has 0 heterocycles. The number of halogens is 1. The molecule has 0 aromatic heterocycles. The monoisotopic (exact) mass is 291 g/mol. The summed E-state index contributed by atoms with van der Waals surface area (Å²) in [5.41, 5.74) is 0.851. The standard InChI is InChI=1S/C16H18ClNO2/c1-5-16(8-9-16)11-6-7-13(12(17)10-11)18-14(19)20-15(2,3)4/h1,6-7,10H,8-9H2,2-4H3,(H,18,19). The van der Waals surface area contributed by atoms with Crippen molar-refractivity contribution in [3.05, 3.63) is 28.8 Å². The van der Waals surface area contributed by atoms with Gasteiger partial charge in [-0.2, -0.15) is 0 Å². The molecule has 4 heteroatoms. The highest BCUT2D eigenvalue weighted by molar-refractivity contribution is 6.33. The van der Waals surface area contributed by atoms with Crippen molar-refractivity contribution in [3.63, 3.8) is 0 Å². The van der Waals surface area contributed by atoms with Crippen LogP contribution in [0.25, 0.3) is 0 Å². The first-order valence-electron chi connectivity index (χ1n) is 6.54. The molecule has 106 valence electrons. The number of benzene rings is 1. The number of amides is 1. The molecule has 1 aromatic rings. The average molecular weight is 292 g/mol. The third kappa shape index (κ3) is 3.26. The maximum atomic E-state index is 11.7. The number of hydrogen-bond acceptors (Lipinski definition) is 2. The summed E-state index contributed by atoms with van der Waals surface area (Å²) in [6.45, 7) is 5.42. The Morgan fingerprint density at radius 2 is 2.10 bits per heavy atom. The second kappa shape index (κ2) is 5.03. The molecule has 20 heavy (non-hydrogen) atoms. The molecule has 0 unspecified atom stereocenters. The minimum absolute atomic E-state index is 0.159. The Morgan fingerprint density at radius 3 is 2.55 bits per heavy atom. The van der Waals surface area contributed by atoms with Crippen molar-refractivity contribution in [2.24, 2.45) is 0 Å². The first-order valence-corrected chi connectivity index (χ1v) is 6.91. The highest BCUT2D eigenvalue weighted by atomic mass is 35.5. The fourth-order valence-electron chi connectivity index (χ4n) is 1.97. The van der Waals surface area contributed by atoms with Gasteiger partial charge in [0.15, 0.2) is 0 Å². The first kappa shape index (κ1) is 14.7. The molecule has 1 saturated carbocycles. The molecule has 0 bridgehead atoms. The molecule has 1 aromatic carbocycles. The van der Waals surface area contributed by atoms with Gasteiger partial charge in [-0.15, -0.1) is 6.42 Å². The van der Waals surface area contributed by atoms with Gasteiger partial charge in [-0.3, -0.25) is 5.32 Å². The topological polar surface area (TPSA) is 38.3 Å². The maximum absolute atomic E-state index is 11.7. The number of carbonyl (C=O) groups excluding carboxylic acids is 1. The summed E-state index contributed by atoms with van der Waals surface area (Å²) in [6, 6.07) is 5.49. The summed E-state index contributed by atoms with van der Waals surface area (Å²) in [6.07, 6.45) is 7.00. The highest BCUT2D eigenvalue weighted by Gasteiger charge is 2.42. The average Bonchev–Trinajstić information content (AvgIpc) is 3.10. The number of hydrogen-bond donors (Lipinski definition) is 1. The van der Waals surface area contributed by atoms with Gasteiger partial charge in [0, 0.05) is 0 Å². The molecule has 3 nitrogen and oxygen atoms in total. The number of nitrogens with one attached hydrogen (secondary N) is 1. The van der Waals surface area contributed by atoms with Gasteiger partial charge in [0.25, 0.3) is 0 Å². The Kier molecular flexibility index (Phi) is 3.71. The van der Waals surface area contributed by atoms with Crippen molar-refractivity contribution in [2.75, 3.05) is 5.32 Å². The molecule has 0 spiro atoms. The lowest BCUT2D eigenvalue weighted by atomic mass is 9.97. The third-order valence-corrected chi connectivity index (χ3v) is 3.50. The third-order valence-electron chi connectivity index (χ3n) is 3.18. The quantitative estimate of drug-likeness (QED) is 0.823. The summed E-state index contributed by atoms with van der Waals surface area (Å²) < 4.78 is 5.19. The SMILES string of the molecule is C#CC1(c2ccc(NC(=O)OC(C)(C)C)c(Cl)c2)CC1. The largest absolute Gasteiger partial charge is 0.444 e. The second-order valence-electron chi connectivity index (χ2n) is 6.05. The Balaban J connectivity index is 2.11. The van der Waals surface area contributed by atoms with Crippen LogP contribution in [0, 0.1) is 12.3 Å². The highest BCUT2D eigenvalue weighted by Crippen LogP contribution is 2.48. The first-order chi connectivity index (χ1) is 9.26. The van der Waals surface area contributed by atoms with Gasteiger partial charge >= 0.3 is 6.09 Å². The van der Waals surface area contributed by atoms with Crippen molar-refractivity contribution in [1.82, 2.24) is 0 Å². The molecule has 0 aliphatic heterocycles. The van der Waals surface area contributed by atoms with Crippen molar-refractivity contribution in [2.45, 2.75) is 44.6 Å². The van der Waals surface area contributed by atoms with E-state index in [4.69, 9.17) is 22.8 Å². The molecule has 0 radical (unpaired) electrons. The number of ether oxygens (including phenoxy) is 1. The van der Waals surface area contributed by atoms with Gasteiger partial charge in [-0.1, -0.05) is 23.6 Å². The Morgan fingerprint density at radius 1 is 1.45 bits per heavy atom. The van der Waals surface area contributed by atoms with Crippen LogP contribution in [-0.2, 0) is 10.2 Å². The van der Waals surface area contributed by atoms with Crippen LogP contribution in [0.2, 0.25) is 5.02 Å². The minimum atomic E-state index is -0.544. The molecule has 1 fully saturated rings. The fourth-order valence-corrected chi connectivity index (χ4v) is 2.20. The van der Waals surface area contributed by atoms with Gasteiger partial charge < -0.3 is 4.74 Å². The van der Waals surface area contributed by atoms with Crippen LogP contribution in [0.4, 0.5) is 10.5 Å². The smallest absolute Gasteiger partial charge is 0.412 e. The Bertz CT molecular complexity index is 577. The zero-order valence-electron chi connectivity index (χ0n) is 11.9. The number of carbonyl (C=O) groups is 1. The van der Waals surface area contributed by atoms with E-state index in [-0.39, 0.29) is 5.41 Å². The Hall–Kier alpha value is -1.66. The lowest BCUT2D eigenvalue weighted by Crippen LogP contribution is -2.27. The van der Waals surface area contributed by atoms with Crippen LogP contribution < -0.4 is 5.32 Å². The van der Waals surface area contributed by atoms with Crippen molar-refractivity contribution in [1.29, 1.82) is 0 Å². The van der Waals surface area contributed by atoms with Crippen LogP contribution >= 0.6 is 11.6 Å². The van der Waals surface area contributed by atoms with Crippen LogP contribution in [-0.4, -0.2) is 11.7 Å². The predicted octanol–water partition coefficient (Wildman–Crippen LogP) is 4.35. The number of rotatable bonds is 2. The van der Waals surface area contributed by atoms with E-state index >= 15 is 0 Å². The van der Waals surface area contributed by atoms with E-state index in [0.29, 0.717) is 10.7 Å². The Labute approximate surface area is 124 Å². The lowest BCUT2D eigenvalue weighted by molar-refractivity contribution is 0.0636. The van der Waals surface area contributed by atoms with Gasteiger partial charge in [0.05, 0.1) is 16.1 Å². The van der Waals surface area contributed by atoms with E-state index in [1.165, 1.54) is 0 Å². The van der Waals surface area contributed by atoms with E-state index < -0.39 is 11.7 Å². The second-order valence-corrected chi connectivity index (χ2v) is 6.46. The van der Waals surface area contributed by atoms with Gasteiger partial charge in [0.2, 0.25) is 0 Å². The van der Waals surface area contributed by atoms with Crippen molar-refractivity contribution >= 4 is 23.4 Å². The molecule has 2 rings (SSSR count). The van der Waals surface area contributed by atoms with E-state index in [0.717, 1.165) is 18.4 Å². The number of anilines is 1. The maximum Gasteiger partial charge on any atom is 0.412 e. The van der Waals surface area contributed by atoms with E-state index in [2.05, 4.69) is 11.2 Å². The van der Waals surface area contributed by atoms with Crippen molar-refractivity contribution < 1.29 is 9.53 Å². The molecular formula is C16H18ClNO2. The summed E-state index contributed by atoms with van der Waals surface area (Å²) in [4.78, 5) is 11.7. The zero-order valence-corrected chi connectivity index (χ0v) is 12.7. The van der Waals surface area contributed by atoms with Gasteiger partial charge in [-0.25, -0.2) is 4.79 Å². The predicted molar refractivity (Wildman–Crippen MR) is 81.1 cm³/mol. The normalized spacial score (nSPS) is 16.1. The lowest BCUT2D eigenvalue weighted by Gasteiger charge is -2.20. The van der Waals surface area contributed by atoms with E-state index in [1.807, 2.05) is 12.1 Å². The summed E-state index contributed by atoms with van der Waals surface area (Å²) >= 11 is 6.20.